The molecule has 6 heteroatoms. The van der Waals surface area contributed by atoms with Crippen molar-refractivity contribution in [1.82, 2.24) is 15.5 Å². The zero-order chi connectivity index (χ0) is 12.7. The number of nitrogens with zero attached hydrogens (tertiary/aromatic N) is 1. The van der Waals surface area contributed by atoms with E-state index in [0.717, 1.165) is 19.5 Å². The molecule has 1 rings (SSSR count). The van der Waals surface area contributed by atoms with Crippen LogP contribution in [0, 0.1) is 5.92 Å². The maximum atomic E-state index is 11.5. The number of urea groups is 1. The summed E-state index contributed by atoms with van der Waals surface area (Å²) >= 11 is 0. The second-order valence-electron chi connectivity index (χ2n) is 4.17. The van der Waals surface area contributed by atoms with E-state index >= 15 is 0 Å². The molecule has 1 aliphatic rings. The third kappa shape index (κ3) is 4.97. The summed E-state index contributed by atoms with van der Waals surface area (Å²) in [5.41, 5.74) is 5.56. The molecule has 4 N–H and O–H groups in total. The van der Waals surface area contributed by atoms with Crippen molar-refractivity contribution in [3.63, 3.8) is 0 Å². The summed E-state index contributed by atoms with van der Waals surface area (Å²) in [7, 11) is 0. The monoisotopic (exact) mass is 240 g/mol. The van der Waals surface area contributed by atoms with E-state index in [1.54, 1.807) is 6.08 Å². The molecule has 0 aromatic rings. The Balaban J connectivity index is 2.21. The number of hydrogen-bond acceptors (Lipinski definition) is 4. The SMILES string of the molecule is C=CCNC(=O)NC(=O)CN1CCC(CN)C1. The molecule has 1 fully saturated rings. The summed E-state index contributed by atoms with van der Waals surface area (Å²) in [6.07, 6.45) is 2.57. The van der Waals surface area contributed by atoms with Crippen LogP contribution in [0.1, 0.15) is 6.42 Å². The Labute approximate surface area is 101 Å². The average molecular weight is 240 g/mol. The first-order valence-electron chi connectivity index (χ1n) is 5.76. The van der Waals surface area contributed by atoms with Gasteiger partial charge in [0.1, 0.15) is 0 Å². The minimum Gasteiger partial charge on any atom is -0.334 e. The quantitative estimate of drug-likeness (QED) is 0.553. The number of likely N-dealkylation sites (tertiary alicyclic amines) is 1. The van der Waals surface area contributed by atoms with E-state index < -0.39 is 6.03 Å². The molecule has 1 atom stereocenters. The van der Waals surface area contributed by atoms with Gasteiger partial charge in [0.25, 0.3) is 0 Å². The minimum atomic E-state index is -0.482. The molecule has 6 nitrogen and oxygen atoms in total. The van der Waals surface area contributed by atoms with E-state index in [2.05, 4.69) is 17.2 Å². The number of amides is 3. The van der Waals surface area contributed by atoms with Gasteiger partial charge in [0.15, 0.2) is 0 Å². The minimum absolute atomic E-state index is 0.248. The number of carbonyl (C=O) groups excluding carboxylic acids is 2. The van der Waals surface area contributed by atoms with Crippen molar-refractivity contribution in [3.8, 4) is 0 Å². The first-order valence-corrected chi connectivity index (χ1v) is 5.76. The molecule has 1 heterocycles. The van der Waals surface area contributed by atoms with Crippen molar-refractivity contribution in [2.75, 3.05) is 32.7 Å². The predicted molar refractivity (Wildman–Crippen MR) is 65.3 cm³/mol. The summed E-state index contributed by atoms with van der Waals surface area (Å²) in [6, 6.07) is -0.482. The van der Waals surface area contributed by atoms with Gasteiger partial charge in [-0.25, -0.2) is 4.79 Å². The van der Waals surface area contributed by atoms with Crippen molar-refractivity contribution in [1.29, 1.82) is 0 Å². The Morgan fingerprint density at radius 2 is 2.29 bits per heavy atom. The fourth-order valence-corrected chi connectivity index (χ4v) is 1.83. The van der Waals surface area contributed by atoms with E-state index in [-0.39, 0.29) is 12.5 Å². The van der Waals surface area contributed by atoms with Gasteiger partial charge in [-0.2, -0.15) is 0 Å². The lowest BCUT2D eigenvalue weighted by Gasteiger charge is -2.14. The summed E-state index contributed by atoms with van der Waals surface area (Å²) in [4.78, 5) is 24.7. The Hall–Kier alpha value is -1.40. The summed E-state index contributed by atoms with van der Waals surface area (Å²) in [5.74, 6) is 0.182. The molecule has 96 valence electrons. The standard InChI is InChI=1S/C11H20N4O2/c1-2-4-13-11(17)14-10(16)8-15-5-3-9(6-12)7-15/h2,9H,1,3-8,12H2,(H2,13,14,16,17). The van der Waals surface area contributed by atoms with Crippen molar-refractivity contribution in [3.05, 3.63) is 12.7 Å². The third-order valence-electron chi connectivity index (χ3n) is 2.73. The van der Waals surface area contributed by atoms with E-state index in [0.29, 0.717) is 19.0 Å². The van der Waals surface area contributed by atoms with Crippen molar-refractivity contribution in [2.45, 2.75) is 6.42 Å². The maximum absolute atomic E-state index is 11.5. The lowest BCUT2D eigenvalue weighted by molar-refractivity contribution is -0.120. The first-order chi connectivity index (χ1) is 8.15. The van der Waals surface area contributed by atoms with Crippen molar-refractivity contribution in [2.24, 2.45) is 11.7 Å². The molecule has 0 aromatic heterocycles. The van der Waals surface area contributed by atoms with Gasteiger partial charge in [0.05, 0.1) is 6.54 Å². The molecule has 1 aliphatic heterocycles. The number of nitrogens with two attached hydrogens (primary N) is 1. The number of carbonyl (C=O) groups is 2. The molecule has 0 radical (unpaired) electrons. The van der Waals surface area contributed by atoms with Gasteiger partial charge in [-0.05, 0) is 25.4 Å². The van der Waals surface area contributed by atoms with Gasteiger partial charge in [0, 0.05) is 13.1 Å². The van der Waals surface area contributed by atoms with E-state index in [9.17, 15) is 9.59 Å². The highest BCUT2D eigenvalue weighted by molar-refractivity contribution is 5.95. The Morgan fingerprint density at radius 1 is 1.53 bits per heavy atom. The Bertz CT molecular complexity index is 293. The van der Waals surface area contributed by atoms with Crippen molar-refractivity contribution < 1.29 is 9.59 Å². The molecule has 0 spiro atoms. The first kappa shape index (κ1) is 13.7. The smallest absolute Gasteiger partial charge is 0.321 e. The van der Waals surface area contributed by atoms with Crippen LogP contribution in [0.15, 0.2) is 12.7 Å². The van der Waals surface area contributed by atoms with Crippen LogP contribution in [0.5, 0.6) is 0 Å². The van der Waals surface area contributed by atoms with Crippen LogP contribution in [0.4, 0.5) is 4.79 Å². The van der Waals surface area contributed by atoms with Crippen LogP contribution in [-0.4, -0.2) is 49.6 Å². The fourth-order valence-electron chi connectivity index (χ4n) is 1.83. The molecule has 0 saturated carbocycles. The molecule has 0 aliphatic carbocycles. The van der Waals surface area contributed by atoms with Gasteiger partial charge in [-0.15, -0.1) is 6.58 Å². The molecular formula is C11H20N4O2. The van der Waals surface area contributed by atoms with Gasteiger partial charge >= 0.3 is 6.03 Å². The van der Waals surface area contributed by atoms with Crippen molar-refractivity contribution >= 4 is 11.9 Å². The number of imide groups is 1. The van der Waals surface area contributed by atoms with Gasteiger partial charge in [-0.3, -0.25) is 15.0 Å². The molecule has 17 heavy (non-hydrogen) atoms. The van der Waals surface area contributed by atoms with E-state index in [1.807, 2.05) is 4.90 Å². The number of hydrogen-bond donors (Lipinski definition) is 3. The van der Waals surface area contributed by atoms with Crippen LogP contribution in [0.2, 0.25) is 0 Å². The van der Waals surface area contributed by atoms with Crippen LogP contribution in [0.25, 0.3) is 0 Å². The topological polar surface area (TPSA) is 87.5 Å². The Kier molecular flexibility index (Phi) is 5.65. The lowest BCUT2D eigenvalue weighted by atomic mass is 10.1. The highest BCUT2D eigenvalue weighted by Gasteiger charge is 2.23. The lowest BCUT2D eigenvalue weighted by Crippen LogP contribution is -2.44. The molecule has 3 amide bonds. The summed E-state index contributed by atoms with van der Waals surface area (Å²) in [5, 5.41) is 4.75. The number of nitrogens with one attached hydrogen (secondary N) is 2. The molecular weight excluding hydrogens is 220 g/mol. The average Bonchev–Trinajstić information content (AvgIpc) is 2.73. The number of rotatable bonds is 5. The molecule has 0 aromatic carbocycles. The fraction of sp³-hybridized carbons (Fsp3) is 0.636. The second-order valence-corrected chi connectivity index (χ2v) is 4.17. The van der Waals surface area contributed by atoms with Gasteiger partial charge in [-0.1, -0.05) is 6.08 Å². The predicted octanol–water partition coefficient (Wildman–Crippen LogP) is -0.721. The van der Waals surface area contributed by atoms with Crippen LogP contribution in [0.3, 0.4) is 0 Å². The third-order valence-corrected chi connectivity index (χ3v) is 2.73. The molecule has 0 bridgehead atoms. The van der Waals surface area contributed by atoms with Crippen LogP contribution in [-0.2, 0) is 4.79 Å². The van der Waals surface area contributed by atoms with E-state index in [1.165, 1.54) is 0 Å². The highest BCUT2D eigenvalue weighted by Crippen LogP contribution is 2.13. The van der Waals surface area contributed by atoms with Gasteiger partial charge < -0.3 is 11.1 Å². The molecule has 1 saturated heterocycles. The zero-order valence-corrected chi connectivity index (χ0v) is 9.95. The van der Waals surface area contributed by atoms with E-state index in [4.69, 9.17) is 5.73 Å². The highest BCUT2D eigenvalue weighted by atomic mass is 16.2. The van der Waals surface area contributed by atoms with Gasteiger partial charge in [0.2, 0.25) is 5.91 Å². The second kappa shape index (κ2) is 7.03. The molecule has 1 unspecified atom stereocenters. The largest absolute Gasteiger partial charge is 0.334 e. The summed E-state index contributed by atoms with van der Waals surface area (Å²) < 4.78 is 0. The van der Waals surface area contributed by atoms with Crippen LogP contribution >= 0.6 is 0 Å². The Morgan fingerprint density at radius 3 is 2.88 bits per heavy atom. The normalized spacial score (nSPS) is 19.9. The summed E-state index contributed by atoms with van der Waals surface area (Å²) in [6.45, 7) is 6.41. The zero-order valence-electron chi connectivity index (χ0n) is 9.95. The maximum Gasteiger partial charge on any atom is 0.321 e. The van der Waals surface area contributed by atoms with Crippen LogP contribution < -0.4 is 16.4 Å².